The number of benzene rings is 1. The first-order valence-corrected chi connectivity index (χ1v) is 6.66. The van der Waals surface area contributed by atoms with Gasteiger partial charge in [0.15, 0.2) is 0 Å². The molecule has 0 spiro atoms. The Labute approximate surface area is 117 Å². The first-order valence-electron chi connectivity index (χ1n) is 6.29. The quantitative estimate of drug-likeness (QED) is 0.680. The Morgan fingerprint density at radius 1 is 1.58 bits per heavy atom. The van der Waals surface area contributed by atoms with Gasteiger partial charge in [-0.15, -0.1) is 0 Å². The van der Waals surface area contributed by atoms with E-state index >= 15 is 0 Å². The maximum Gasteiger partial charge on any atom is 0.288 e. The number of nitrogens with two attached hydrogens (primary N) is 1. The molecule has 0 bridgehead atoms. The van der Waals surface area contributed by atoms with Crippen molar-refractivity contribution in [3.63, 3.8) is 0 Å². The summed E-state index contributed by atoms with van der Waals surface area (Å²) in [7, 11) is 0. The molecule has 1 unspecified atom stereocenters. The highest BCUT2D eigenvalue weighted by Gasteiger charge is 2.32. The predicted molar refractivity (Wildman–Crippen MR) is 75.2 cm³/mol. The van der Waals surface area contributed by atoms with E-state index in [1.807, 2.05) is 6.07 Å². The lowest BCUT2D eigenvalue weighted by Gasteiger charge is -2.22. The molecule has 2 rings (SSSR count). The minimum absolute atomic E-state index is 0.0278. The lowest BCUT2D eigenvalue weighted by atomic mass is 9.90. The molecule has 1 saturated heterocycles. The van der Waals surface area contributed by atoms with Gasteiger partial charge in [-0.3, -0.25) is 15.0 Å². The smallest absolute Gasteiger partial charge is 0.288 e. The largest absolute Gasteiger partial charge is 0.330 e. The molecule has 2 N–H and O–H groups in total. The molecule has 0 aliphatic carbocycles. The Morgan fingerprint density at radius 2 is 2.32 bits per heavy atom. The van der Waals surface area contributed by atoms with Gasteiger partial charge in [0.2, 0.25) is 0 Å². The molecule has 104 valence electrons. The van der Waals surface area contributed by atoms with Crippen molar-refractivity contribution >= 4 is 17.3 Å². The number of hydrogen-bond donors (Lipinski definition) is 1. The number of nitro benzene ring substituents is 1. The van der Waals surface area contributed by atoms with Gasteiger partial charge in [0.1, 0.15) is 5.02 Å². The van der Waals surface area contributed by atoms with Gasteiger partial charge in [0.05, 0.1) is 4.92 Å². The Bertz CT molecular complexity index is 495. The van der Waals surface area contributed by atoms with Gasteiger partial charge in [0, 0.05) is 19.2 Å². The highest BCUT2D eigenvalue weighted by atomic mass is 35.5. The molecule has 1 heterocycles. The Kier molecular flexibility index (Phi) is 4.08. The summed E-state index contributed by atoms with van der Waals surface area (Å²) in [5, 5.41) is 11.0. The molecule has 1 aromatic rings. The molecule has 1 aromatic carbocycles. The van der Waals surface area contributed by atoms with E-state index in [-0.39, 0.29) is 16.1 Å². The van der Waals surface area contributed by atoms with Crippen molar-refractivity contribution in [3.05, 3.63) is 38.9 Å². The molecule has 1 atom stereocenters. The van der Waals surface area contributed by atoms with E-state index in [1.54, 1.807) is 12.1 Å². The first kappa shape index (κ1) is 14.2. The van der Waals surface area contributed by atoms with E-state index in [1.165, 1.54) is 0 Å². The fraction of sp³-hybridized carbons (Fsp3) is 0.538. The molecule has 0 radical (unpaired) electrons. The maximum atomic E-state index is 10.9. The summed E-state index contributed by atoms with van der Waals surface area (Å²) in [5.74, 6) is 0. The van der Waals surface area contributed by atoms with E-state index in [0.29, 0.717) is 13.1 Å². The maximum absolute atomic E-state index is 10.9. The van der Waals surface area contributed by atoms with Crippen LogP contribution in [0.15, 0.2) is 18.2 Å². The zero-order valence-electron chi connectivity index (χ0n) is 10.9. The van der Waals surface area contributed by atoms with Gasteiger partial charge in [-0.25, -0.2) is 0 Å². The minimum Gasteiger partial charge on any atom is -0.330 e. The molecule has 0 aromatic heterocycles. The first-order chi connectivity index (χ1) is 8.93. The average Bonchev–Trinajstić information content (AvgIpc) is 2.74. The van der Waals surface area contributed by atoms with Crippen LogP contribution in [-0.4, -0.2) is 29.5 Å². The Balaban J connectivity index is 2.09. The normalized spacial score (nSPS) is 23.7. The van der Waals surface area contributed by atoms with Crippen molar-refractivity contribution in [2.75, 3.05) is 19.6 Å². The number of halogens is 1. The van der Waals surface area contributed by atoms with Gasteiger partial charge in [-0.1, -0.05) is 24.6 Å². The molecule has 6 heteroatoms. The zero-order chi connectivity index (χ0) is 14.0. The molecule has 1 aliphatic heterocycles. The highest BCUT2D eigenvalue weighted by molar-refractivity contribution is 6.32. The second-order valence-electron chi connectivity index (χ2n) is 5.52. The molecule has 1 aliphatic rings. The summed E-state index contributed by atoms with van der Waals surface area (Å²) in [6.45, 7) is 5.46. The predicted octanol–water partition coefficient (Wildman–Crippen LogP) is 2.42. The zero-order valence-corrected chi connectivity index (χ0v) is 11.7. The molecule has 0 saturated carbocycles. The highest BCUT2D eigenvalue weighted by Crippen LogP contribution is 2.31. The lowest BCUT2D eigenvalue weighted by molar-refractivity contribution is -0.384. The summed E-state index contributed by atoms with van der Waals surface area (Å²) in [5.41, 5.74) is 6.83. The third kappa shape index (κ3) is 3.23. The lowest BCUT2D eigenvalue weighted by Crippen LogP contribution is -2.31. The number of hydrogen-bond acceptors (Lipinski definition) is 4. The van der Waals surface area contributed by atoms with Crippen LogP contribution in [0.1, 0.15) is 18.9 Å². The monoisotopic (exact) mass is 283 g/mol. The molecule has 1 fully saturated rings. The standard InChI is InChI=1S/C13H18ClN3O2/c1-13(8-15)4-5-16(9-13)7-10-2-3-11(14)12(6-10)17(18)19/h2-3,6H,4-5,7-9,15H2,1H3. The van der Waals surface area contributed by atoms with Crippen LogP contribution in [-0.2, 0) is 6.54 Å². The van der Waals surface area contributed by atoms with E-state index in [9.17, 15) is 10.1 Å². The molecule has 19 heavy (non-hydrogen) atoms. The summed E-state index contributed by atoms with van der Waals surface area (Å²) in [4.78, 5) is 12.7. The molecular weight excluding hydrogens is 266 g/mol. The van der Waals surface area contributed by atoms with Crippen molar-refractivity contribution in [3.8, 4) is 0 Å². The summed E-state index contributed by atoms with van der Waals surface area (Å²) >= 11 is 5.80. The Morgan fingerprint density at radius 3 is 2.89 bits per heavy atom. The summed E-state index contributed by atoms with van der Waals surface area (Å²) < 4.78 is 0. The van der Waals surface area contributed by atoms with Crippen LogP contribution in [0.4, 0.5) is 5.69 Å². The topological polar surface area (TPSA) is 72.4 Å². The SMILES string of the molecule is CC1(CN)CCN(Cc2ccc(Cl)c([N+](=O)[O-])c2)C1. The second-order valence-corrected chi connectivity index (χ2v) is 5.93. The third-order valence-corrected chi connectivity index (χ3v) is 4.06. The average molecular weight is 284 g/mol. The number of likely N-dealkylation sites (tertiary alicyclic amines) is 1. The van der Waals surface area contributed by atoms with Gasteiger partial charge in [-0.2, -0.15) is 0 Å². The minimum atomic E-state index is -0.445. The third-order valence-electron chi connectivity index (χ3n) is 3.74. The van der Waals surface area contributed by atoms with Crippen molar-refractivity contribution in [2.24, 2.45) is 11.1 Å². The molecule has 5 nitrogen and oxygen atoms in total. The van der Waals surface area contributed by atoms with Crippen LogP contribution >= 0.6 is 11.6 Å². The van der Waals surface area contributed by atoms with Gasteiger partial charge >= 0.3 is 0 Å². The number of rotatable bonds is 4. The van der Waals surface area contributed by atoms with Crippen LogP contribution in [0.2, 0.25) is 5.02 Å². The summed E-state index contributed by atoms with van der Waals surface area (Å²) in [6, 6.07) is 4.99. The number of nitro groups is 1. The van der Waals surface area contributed by atoms with E-state index < -0.39 is 4.92 Å². The fourth-order valence-electron chi connectivity index (χ4n) is 2.48. The van der Waals surface area contributed by atoms with E-state index in [4.69, 9.17) is 17.3 Å². The van der Waals surface area contributed by atoms with Crippen molar-refractivity contribution < 1.29 is 4.92 Å². The van der Waals surface area contributed by atoms with Crippen LogP contribution in [0.3, 0.4) is 0 Å². The van der Waals surface area contributed by atoms with Gasteiger partial charge in [-0.05, 0) is 36.6 Å². The Hall–Kier alpha value is -1.17. The van der Waals surface area contributed by atoms with Crippen molar-refractivity contribution in [2.45, 2.75) is 19.9 Å². The molecular formula is C13H18ClN3O2. The van der Waals surface area contributed by atoms with Gasteiger partial charge < -0.3 is 5.73 Å². The molecule has 0 amide bonds. The van der Waals surface area contributed by atoms with Crippen LogP contribution < -0.4 is 5.73 Å². The van der Waals surface area contributed by atoms with Crippen LogP contribution in [0.25, 0.3) is 0 Å². The second kappa shape index (κ2) is 5.45. The van der Waals surface area contributed by atoms with Crippen molar-refractivity contribution in [1.82, 2.24) is 4.90 Å². The summed E-state index contributed by atoms with van der Waals surface area (Å²) in [6.07, 6.45) is 1.07. The van der Waals surface area contributed by atoms with Crippen LogP contribution in [0.5, 0.6) is 0 Å². The fourth-order valence-corrected chi connectivity index (χ4v) is 2.67. The number of nitrogens with zero attached hydrogens (tertiary/aromatic N) is 2. The van der Waals surface area contributed by atoms with Crippen LogP contribution in [0, 0.1) is 15.5 Å². The van der Waals surface area contributed by atoms with E-state index in [0.717, 1.165) is 25.1 Å². The van der Waals surface area contributed by atoms with Gasteiger partial charge in [0.25, 0.3) is 5.69 Å². The van der Waals surface area contributed by atoms with Crippen molar-refractivity contribution in [1.29, 1.82) is 0 Å². The van der Waals surface area contributed by atoms with E-state index in [2.05, 4.69) is 11.8 Å².